The summed E-state index contributed by atoms with van der Waals surface area (Å²) in [5, 5.41) is 22.6. The van der Waals surface area contributed by atoms with Gasteiger partial charge in [-0.15, -0.1) is 10.2 Å². The highest BCUT2D eigenvalue weighted by atomic mass is 19.1. The molecule has 2 aromatic heterocycles. The molecule has 1 aliphatic heterocycles. The van der Waals surface area contributed by atoms with E-state index in [1.54, 1.807) is 31.5 Å². The number of aromatic nitrogens is 3. The Morgan fingerprint density at radius 2 is 2.23 bits per heavy atom. The van der Waals surface area contributed by atoms with Crippen LogP contribution in [0.25, 0.3) is 22.0 Å². The molecule has 31 heavy (non-hydrogen) atoms. The van der Waals surface area contributed by atoms with Crippen LogP contribution in [0.3, 0.4) is 0 Å². The van der Waals surface area contributed by atoms with Crippen molar-refractivity contribution >= 4 is 23.1 Å². The molecule has 0 aliphatic carbocycles. The highest BCUT2D eigenvalue weighted by molar-refractivity contribution is 6.00. The SMILES string of the molecule is Cc1cc(F)c(-c2nnc(N[C@@H]3CCCN(CCO)C3)c3cnccc23)c(OC=O)c1. The molecule has 0 spiro atoms. The van der Waals surface area contributed by atoms with Crippen molar-refractivity contribution < 1.29 is 19.0 Å². The first-order valence-electron chi connectivity index (χ1n) is 10.2. The van der Waals surface area contributed by atoms with Crippen molar-refractivity contribution in [3.63, 3.8) is 0 Å². The average molecular weight is 425 g/mol. The number of benzene rings is 1. The number of nitrogens with one attached hydrogen (secondary N) is 1. The lowest BCUT2D eigenvalue weighted by Gasteiger charge is -2.33. The van der Waals surface area contributed by atoms with E-state index in [2.05, 4.69) is 25.4 Å². The summed E-state index contributed by atoms with van der Waals surface area (Å²) in [6.45, 7) is 4.49. The van der Waals surface area contributed by atoms with Crippen molar-refractivity contribution in [1.82, 2.24) is 20.1 Å². The number of pyridine rings is 1. The Kier molecular flexibility index (Phi) is 6.34. The van der Waals surface area contributed by atoms with Crippen LogP contribution in [-0.2, 0) is 4.79 Å². The second kappa shape index (κ2) is 9.32. The minimum Gasteiger partial charge on any atom is -0.428 e. The number of aliphatic hydroxyl groups excluding tert-OH is 1. The minimum absolute atomic E-state index is 0.0831. The minimum atomic E-state index is -0.545. The largest absolute Gasteiger partial charge is 0.428 e. The number of aliphatic hydroxyl groups is 1. The summed E-state index contributed by atoms with van der Waals surface area (Å²) in [4.78, 5) is 17.4. The molecule has 1 aliphatic rings. The molecule has 2 N–H and O–H groups in total. The van der Waals surface area contributed by atoms with Crippen molar-refractivity contribution in [2.24, 2.45) is 0 Å². The number of nitrogens with zero attached hydrogens (tertiary/aromatic N) is 4. The normalized spacial score (nSPS) is 16.9. The van der Waals surface area contributed by atoms with Gasteiger partial charge < -0.3 is 15.2 Å². The fourth-order valence-corrected chi connectivity index (χ4v) is 4.08. The number of piperidine rings is 1. The van der Waals surface area contributed by atoms with Gasteiger partial charge in [0.1, 0.15) is 17.3 Å². The van der Waals surface area contributed by atoms with Crippen molar-refractivity contribution in [3.8, 4) is 17.0 Å². The molecule has 0 radical (unpaired) electrons. The van der Waals surface area contributed by atoms with E-state index in [-0.39, 0.29) is 36.1 Å². The van der Waals surface area contributed by atoms with Gasteiger partial charge in [-0.05, 0) is 50.1 Å². The maximum Gasteiger partial charge on any atom is 0.298 e. The maximum atomic E-state index is 14.9. The van der Waals surface area contributed by atoms with E-state index in [1.807, 2.05) is 0 Å². The van der Waals surface area contributed by atoms with Crippen LogP contribution in [0.2, 0.25) is 0 Å². The molecule has 3 heterocycles. The molecule has 3 aromatic rings. The third-order valence-corrected chi connectivity index (χ3v) is 5.45. The van der Waals surface area contributed by atoms with Crippen LogP contribution in [-0.4, -0.2) is 63.9 Å². The molecular weight excluding hydrogens is 401 g/mol. The lowest BCUT2D eigenvalue weighted by Crippen LogP contribution is -2.43. The molecular formula is C22H24FN5O3. The number of carbonyl (C=O) groups is 1. The second-order valence-corrected chi connectivity index (χ2v) is 7.66. The number of ether oxygens (including phenoxy) is 1. The fraction of sp³-hybridized carbons (Fsp3) is 0.364. The summed E-state index contributed by atoms with van der Waals surface area (Å²) < 4.78 is 20.0. The molecule has 9 heteroatoms. The quantitative estimate of drug-likeness (QED) is 0.557. The number of aryl methyl sites for hydroxylation is 1. The van der Waals surface area contributed by atoms with Crippen LogP contribution in [0.4, 0.5) is 10.2 Å². The first-order chi connectivity index (χ1) is 15.1. The smallest absolute Gasteiger partial charge is 0.298 e. The van der Waals surface area contributed by atoms with E-state index in [1.165, 1.54) is 6.07 Å². The van der Waals surface area contributed by atoms with Gasteiger partial charge in [0.25, 0.3) is 6.47 Å². The molecule has 1 aromatic carbocycles. The van der Waals surface area contributed by atoms with E-state index >= 15 is 0 Å². The molecule has 1 fully saturated rings. The highest BCUT2D eigenvalue weighted by Crippen LogP contribution is 2.37. The molecule has 0 saturated carbocycles. The zero-order valence-corrected chi connectivity index (χ0v) is 17.2. The number of β-amino-alcohol motifs (C(OH)–C–C–N with tert-alkyl or cyclic N) is 1. The van der Waals surface area contributed by atoms with Gasteiger partial charge in [0, 0.05) is 42.3 Å². The molecule has 8 nitrogen and oxygen atoms in total. The average Bonchev–Trinajstić information content (AvgIpc) is 2.75. The lowest BCUT2D eigenvalue weighted by molar-refractivity contribution is -0.120. The zero-order valence-electron chi connectivity index (χ0n) is 17.2. The van der Waals surface area contributed by atoms with Crippen molar-refractivity contribution in [2.75, 3.05) is 31.6 Å². The Labute approximate surface area is 179 Å². The summed E-state index contributed by atoms with van der Waals surface area (Å²) in [6.07, 6.45) is 5.25. The van der Waals surface area contributed by atoms with Gasteiger partial charge in [-0.25, -0.2) is 4.39 Å². The van der Waals surface area contributed by atoms with Gasteiger partial charge in [0.15, 0.2) is 5.82 Å². The molecule has 162 valence electrons. The predicted octanol–water partition coefficient (Wildman–Crippen LogP) is 2.54. The Morgan fingerprint density at radius 1 is 1.35 bits per heavy atom. The van der Waals surface area contributed by atoms with Gasteiger partial charge >= 0.3 is 0 Å². The van der Waals surface area contributed by atoms with Crippen LogP contribution in [0.1, 0.15) is 18.4 Å². The molecule has 1 atom stereocenters. The number of carbonyl (C=O) groups excluding carboxylic acids is 1. The van der Waals surface area contributed by atoms with Gasteiger partial charge in [0.05, 0.1) is 12.2 Å². The van der Waals surface area contributed by atoms with Crippen LogP contribution < -0.4 is 10.1 Å². The summed E-state index contributed by atoms with van der Waals surface area (Å²) in [5.74, 6) is 0.109. The van der Waals surface area contributed by atoms with Crippen LogP contribution in [0.15, 0.2) is 30.6 Å². The van der Waals surface area contributed by atoms with Gasteiger partial charge in [-0.3, -0.25) is 14.7 Å². The van der Waals surface area contributed by atoms with Gasteiger partial charge in [-0.2, -0.15) is 0 Å². The number of likely N-dealkylation sites (tertiary alicyclic amines) is 1. The van der Waals surface area contributed by atoms with Gasteiger partial charge in [0.2, 0.25) is 0 Å². The molecule has 0 bridgehead atoms. The Balaban J connectivity index is 1.74. The number of halogens is 1. The summed E-state index contributed by atoms with van der Waals surface area (Å²) in [7, 11) is 0. The monoisotopic (exact) mass is 425 g/mol. The number of hydrogen-bond acceptors (Lipinski definition) is 8. The molecule has 0 amide bonds. The van der Waals surface area contributed by atoms with Crippen LogP contribution in [0.5, 0.6) is 5.75 Å². The maximum absolute atomic E-state index is 14.9. The second-order valence-electron chi connectivity index (χ2n) is 7.66. The Hall–Kier alpha value is -3.17. The van der Waals surface area contributed by atoms with E-state index < -0.39 is 5.82 Å². The van der Waals surface area contributed by atoms with Crippen LogP contribution in [0, 0.1) is 12.7 Å². The van der Waals surface area contributed by atoms with Crippen molar-refractivity contribution in [3.05, 3.63) is 42.0 Å². The Bertz CT molecular complexity index is 1090. The number of hydrogen-bond donors (Lipinski definition) is 2. The van der Waals surface area contributed by atoms with Crippen LogP contribution >= 0.6 is 0 Å². The third-order valence-electron chi connectivity index (χ3n) is 5.45. The fourth-order valence-electron chi connectivity index (χ4n) is 4.08. The third kappa shape index (κ3) is 4.47. The summed E-state index contributed by atoms with van der Waals surface area (Å²) >= 11 is 0. The first-order valence-corrected chi connectivity index (χ1v) is 10.2. The van der Waals surface area contributed by atoms with E-state index in [0.717, 1.165) is 25.9 Å². The van der Waals surface area contributed by atoms with Crippen molar-refractivity contribution in [2.45, 2.75) is 25.8 Å². The van der Waals surface area contributed by atoms with E-state index in [0.29, 0.717) is 28.7 Å². The standard InChI is InChI=1S/C22H24FN5O3/c1-14-9-18(23)20(19(10-14)31-13-30)21-16-4-5-24-11-17(16)22(27-26-21)25-15-3-2-6-28(12-15)7-8-29/h4-5,9-11,13,15,29H,2-3,6-8,12H2,1H3,(H,25,27)/t15-/m1/s1. The lowest BCUT2D eigenvalue weighted by atomic mass is 10.0. The first kappa shape index (κ1) is 21.1. The van der Waals surface area contributed by atoms with E-state index in [9.17, 15) is 14.3 Å². The molecule has 4 rings (SSSR count). The van der Waals surface area contributed by atoms with Gasteiger partial charge in [-0.1, -0.05) is 0 Å². The Morgan fingerprint density at radius 3 is 3.03 bits per heavy atom. The number of anilines is 1. The molecule has 0 unspecified atom stereocenters. The summed E-state index contributed by atoms with van der Waals surface area (Å²) in [5.41, 5.74) is 0.989. The van der Waals surface area contributed by atoms with Crippen molar-refractivity contribution in [1.29, 1.82) is 0 Å². The highest BCUT2D eigenvalue weighted by Gasteiger charge is 2.23. The summed E-state index contributed by atoms with van der Waals surface area (Å²) in [6, 6.07) is 4.85. The predicted molar refractivity (Wildman–Crippen MR) is 114 cm³/mol. The number of rotatable bonds is 7. The topological polar surface area (TPSA) is 100 Å². The zero-order chi connectivity index (χ0) is 21.8. The molecule has 1 saturated heterocycles. The number of fused-ring (bicyclic) bond motifs is 1. The van der Waals surface area contributed by atoms with E-state index in [4.69, 9.17) is 4.74 Å².